The van der Waals surface area contributed by atoms with Crippen molar-refractivity contribution in [3.63, 3.8) is 0 Å². The van der Waals surface area contributed by atoms with E-state index in [9.17, 15) is 4.79 Å². The standard InChI is InChI=1S/C26H35NO2/c1-19(21-14-10-7-11-15-21)27(18-20-12-8-6-9-13-20)23-17-16-22(26(2,3)4)24(23)25(28)29-5/h6-15,19,22-24H,16-18H2,1-5H3/t19-,22-,23-,24+/m0/s1. The summed E-state index contributed by atoms with van der Waals surface area (Å²) < 4.78 is 5.31. The molecule has 2 aromatic carbocycles. The molecule has 3 heteroatoms. The number of esters is 1. The lowest BCUT2D eigenvalue weighted by atomic mass is 9.74. The van der Waals surface area contributed by atoms with E-state index in [0.717, 1.165) is 19.4 Å². The first kappa shape index (κ1) is 21.6. The van der Waals surface area contributed by atoms with Gasteiger partial charge in [-0.1, -0.05) is 81.4 Å². The van der Waals surface area contributed by atoms with Gasteiger partial charge in [-0.2, -0.15) is 0 Å². The van der Waals surface area contributed by atoms with Gasteiger partial charge in [0, 0.05) is 18.6 Å². The van der Waals surface area contributed by atoms with Crippen LogP contribution in [-0.2, 0) is 16.1 Å². The van der Waals surface area contributed by atoms with Crippen LogP contribution in [-0.4, -0.2) is 24.0 Å². The van der Waals surface area contributed by atoms with Crippen molar-refractivity contribution >= 4 is 5.97 Å². The van der Waals surface area contributed by atoms with E-state index < -0.39 is 0 Å². The number of carbonyl (C=O) groups excluding carboxylic acids is 1. The first-order valence-electron chi connectivity index (χ1n) is 10.8. The maximum absolute atomic E-state index is 12.9. The van der Waals surface area contributed by atoms with Crippen LogP contribution in [0.25, 0.3) is 0 Å². The third-order valence-corrected chi connectivity index (χ3v) is 6.62. The zero-order valence-electron chi connectivity index (χ0n) is 18.5. The fourth-order valence-corrected chi connectivity index (χ4v) is 5.04. The minimum atomic E-state index is -0.102. The second kappa shape index (κ2) is 9.13. The largest absolute Gasteiger partial charge is 0.469 e. The van der Waals surface area contributed by atoms with Crippen molar-refractivity contribution < 1.29 is 9.53 Å². The van der Waals surface area contributed by atoms with E-state index in [1.54, 1.807) is 0 Å². The molecule has 0 bridgehead atoms. The summed E-state index contributed by atoms with van der Waals surface area (Å²) in [5.41, 5.74) is 2.63. The predicted molar refractivity (Wildman–Crippen MR) is 118 cm³/mol. The molecule has 1 saturated carbocycles. The van der Waals surface area contributed by atoms with Crippen LogP contribution in [0.3, 0.4) is 0 Å². The highest BCUT2D eigenvalue weighted by molar-refractivity contribution is 5.74. The number of hydrogen-bond donors (Lipinski definition) is 0. The van der Waals surface area contributed by atoms with Gasteiger partial charge in [0.2, 0.25) is 0 Å². The Morgan fingerprint density at radius 3 is 2.17 bits per heavy atom. The van der Waals surface area contributed by atoms with Crippen LogP contribution in [0.15, 0.2) is 60.7 Å². The fourth-order valence-electron chi connectivity index (χ4n) is 5.04. The van der Waals surface area contributed by atoms with Gasteiger partial charge < -0.3 is 4.74 Å². The van der Waals surface area contributed by atoms with Crippen molar-refractivity contribution in [3.8, 4) is 0 Å². The Labute approximate surface area is 176 Å². The van der Waals surface area contributed by atoms with E-state index in [1.165, 1.54) is 18.2 Å². The fraction of sp³-hybridized carbons (Fsp3) is 0.500. The number of nitrogens with zero attached hydrogens (tertiary/aromatic N) is 1. The van der Waals surface area contributed by atoms with Crippen LogP contribution in [0.1, 0.15) is 57.7 Å². The van der Waals surface area contributed by atoms with E-state index in [2.05, 4.69) is 93.3 Å². The van der Waals surface area contributed by atoms with Crippen LogP contribution >= 0.6 is 0 Å². The lowest BCUT2D eigenvalue weighted by molar-refractivity contribution is -0.151. The van der Waals surface area contributed by atoms with E-state index >= 15 is 0 Å². The van der Waals surface area contributed by atoms with Gasteiger partial charge in [-0.3, -0.25) is 9.69 Å². The number of methoxy groups -OCH3 is 1. The van der Waals surface area contributed by atoms with Crippen molar-refractivity contribution in [1.82, 2.24) is 4.90 Å². The summed E-state index contributed by atoms with van der Waals surface area (Å²) in [6.07, 6.45) is 2.08. The lowest BCUT2D eigenvalue weighted by Gasteiger charge is -2.40. The minimum absolute atomic E-state index is 0.0641. The molecule has 0 aromatic heterocycles. The summed E-state index contributed by atoms with van der Waals surface area (Å²) in [5.74, 6) is 0.154. The summed E-state index contributed by atoms with van der Waals surface area (Å²) in [7, 11) is 1.53. The van der Waals surface area contributed by atoms with Gasteiger partial charge in [-0.15, -0.1) is 0 Å². The highest BCUT2D eigenvalue weighted by Crippen LogP contribution is 2.47. The molecule has 0 aliphatic heterocycles. The summed E-state index contributed by atoms with van der Waals surface area (Å²) in [4.78, 5) is 15.5. The molecule has 156 valence electrons. The molecule has 0 radical (unpaired) electrons. The first-order valence-corrected chi connectivity index (χ1v) is 10.8. The third-order valence-electron chi connectivity index (χ3n) is 6.62. The van der Waals surface area contributed by atoms with E-state index in [-0.39, 0.29) is 29.4 Å². The molecule has 2 aromatic rings. The Kier molecular flexibility index (Phi) is 6.79. The van der Waals surface area contributed by atoms with Crippen LogP contribution in [0, 0.1) is 17.3 Å². The van der Waals surface area contributed by atoms with Crippen molar-refractivity contribution in [1.29, 1.82) is 0 Å². The van der Waals surface area contributed by atoms with Gasteiger partial charge in [0.1, 0.15) is 0 Å². The molecule has 4 atom stereocenters. The summed E-state index contributed by atoms with van der Waals surface area (Å²) in [6.45, 7) is 9.83. The smallest absolute Gasteiger partial charge is 0.310 e. The normalized spacial score (nSPS) is 23.2. The maximum Gasteiger partial charge on any atom is 0.310 e. The SMILES string of the molecule is COC(=O)[C@H]1[C@@H](N(Cc2ccccc2)[C@@H](C)c2ccccc2)CC[C@@H]1C(C)(C)C. The zero-order chi connectivity index (χ0) is 21.0. The highest BCUT2D eigenvalue weighted by Gasteiger charge is 2.49. The van der Waals surface area contributed by atoms with Crippen LogP contribution < -0.4 is 0 Å². The maximum atomic E-state index is 12.9. The number of rotatable bonds is 6. The first-order chi connectivity index (χ1) is 13.8. The molecule has 0 spiro atoms. The second-order valence-electron chi connectivity index (χ2n) is 9.41. The molecule has 0 heterocycles. The van der Waals surface area contributed by atoms with Gasteiger partial charge in [0.25, 0.3) is 0 Å². The van der Waals surface area contributed by atoms with Crippen molar-refractivity contribution in [2.45, 2.75) is 59.2 Å². The average molecular weight is 394 g/mol. The molecule has 0 amide bonds. The van der Waals surface area contributed by atoms with Crippen molar-refractivity contribution in [2.75, 3.05) is 7.11 Å². The predicted octanol–water partition coefficient (Wildman–Crippen LogP) is 5.86. The molecule has 0 unspecified atom stereocenters. The number of carbonyl (C=O) groups is 1. The monoisotopic (exact) mass is 393 g/mol. The van der Waals surface area contributed by atoms with Crippen molar-refractivity contribution in [2.24, 2.45) is 17.3 Å². The summed E-state index contributed by atoms with van der Waals surface area (Å²) in [6, 6.07) is 21.6. The molecule has 0 N–H and O–H groups in total. The van der Waals surface area contributed by atoms with Gasteiger partial charge in [-0.05, 0) is 42.2 Å². The molecule has 3 rings (SSSR count). The van der Waals surface area contributed by atoms with E-state index in [4.69, 9.17) is 4.74 Å². The molecule has 0 saturated heterocycles. The number of benzene rings is 2. The zero-order valence-corrected chi connectivity index (χ0v) is 18.5. The Morgan fingerprint density at radius 1 is 1.03 bits per heavy atom. The highest BCUT2D eigenvalue weighted by atomic mass is 16.5. The van der Waals surface area contributed by atoms with Crippen LogP contribution in [0.4, 0.5) is 0 Å². The van der Waals surface area contributed by atoms with Crippen LogP contribution in [0.5, 0.6) is 0 Å². The number of ether oxygens (including phenoxy) is 1. The van der Waals surface area contributed by atoms with Crippen LogP contribution in [0.2, 0.25) is 0 Å². The summed E-state index contributed by atoms with van der Waals surface area (Å²) >= 11 is 0. The van der Waals surface area contributed by atoms with Gasteiger partial charge in [-0.25, -0.2) is 0 Å². The third kappa shape index (κ3) is 4.90. The Bertz CT molecular complexity index is 781. The van der Waals surface area contributed by atoms with E-state index in [0.29, 0.717) is 5.92 Å². The average Bonchev–Trinajstić information content (AvgIpc) is 3.18. The van der Waals surface area contributed by atoms with Gasteiger partial charge in [0.15, 0.2) is 0 Å². The molecule has 1 fully saturated rings. The van der Waals surface area contributed by atoms with Gasteiger partial charge >= 0.3 is 5.97 Å². The van der Waals surface area contributed by atoms with Crippen molar-refractivity contribution in [3.05, 3.63) is 71.8 Å². The Hall–Kier alpha value is -2.13. The Balaban J connectivity index is 1.98. The summed E-state index contributed by atoms with van der Waals surface area (Å²) in [5, 5.41) is 0. The molecular weight excluding hydrogens is 358 g/mol. The quantitative estimate of drug-likeness (QED) is 0.575. The molecule has 29 heavy (non-hydrogen) atoms. The minimum Gasteiger partial charge on any atom is -0.469 e. The lowest BCUT2D eigenvalue weighted by Crippen LogP contribution is -2.45. The van der Waals surface area contributed by atoms with Gasteiger partial charge in [0.05, 0.1) is 13.0 Å². The number of hydrogen-bond acceptors (Lipinski definition) is 3. The molecule has 3 nitrogen and oxygen atoms in total. The molecular formula is C26H35NO2. The molecule has 1 aliphatic rings. The second-order valence-corrected chi connectivity index (χ2v) is 9.41. The topological polar surface area (TPSA) is 29.5 Å². The molecule has 1 aliphatic carbocycles. The Morgan fingerprint density at radius 2 is 1.62 bits per heavy atom. The van der Waals surface area contributed by atoms with E-state index in [1.807, 2.05) is 0 Å².